The lowest BCUT2D eigenvalue weighted by Gasteiger charge is -2.58. The molecule has 0 amide bonds. The van der Waals surface area contributed by atoms with Crippen LogP contribution < -0.4 is 10.5 Å². The molecule has 0 bridgehead atoms. The molecule has 2 spiro atoms. The van der Waals surface area contributed by atoms with Gasteiger partial charge in [-0.15, -0.1) is 0 Å². The summed E-state index contributed by atoms with van der Waals surface area (Å²) in [6.07, 6.45) is 12.5. The van der Waals surface area contributed by atoms with Crippen LogP contribution >= 0.6 is 0 Å². The third kappa shape index (κ3) is 2.82. The van der Waals surface area contributed by atoms with Gasteiger partial charge in [-0.25, -0.2) is 4.99 Å². The van der Waals surface area contributed by atoms with Crippen LogP contribution in [0.1, 0.15) is 31.4 Å². The van der Waals surface area contributed by atoms with Crippen LogP contribution in [-0.2, 0) is 15.0 Å². The van der Waals surface area contributed by atoms with E-state index in [0.29, 0.717) is 25.7 Å². The van der Waals surface area contributed by atoms with Crippen LogP contribution in [0, 0.1) is 11.3 Å². The summed E-state index contributed by atoms with van der Waals surface area (Å²) in [4.78, 5) is 9.26. The van der Waals surface area contributed by atoms with Gasteiger partial charge in [-0.2, -0.15) is 0 Å². The minimum atomic E-state index is -0.604. The van der Waals surface area contributed by atoms with Gasteiger partial charge in [-0.1, -0.05) is 38.1 Å². The van der Waals surface area contributed by atoms with E-state index in [1.807, 2.05) is 30.5 Å². The molecule has 0 aliphatic carbocycles. The first kappa shape index (κ1) is 19.1. The maximum atomic E-state index is 6.59. The fourth-order valence-electron chi connectivity index (χ4n) is 4.87. The molecule has 4 aliphatic heterocycles. The Balaban J connectivity index is 1.65. The SMILES string of the molecule is CC(C)CC1Oc2ccc(C3=C/C=C/C=C/N=C\3)cc2C2(COC(N)=N2)C12COC2. The van der Waals surface area contributed by atoms with Crippen molar-refractivity contribution in [3.8, 4) is 5.75 Å². The first-order chi connectivity index (χ1) is 14.5. The number of amidine groups is 1. The van der Waals surface area contributed by atoms with Crippen LogP contribution in [-0.4, -0.2) is 38.2 Å². The second-order valence-corrected chi connectivity index (χ2v) is 8.82. The van der Waals surface area contributed by atoms with Crippen molar-refractivity contribution in [1.29, 1.82) is 0 Å². The van der Waals surface area contributed by atoms with Crippen molar-refractivity contribution >= 4 is 17.8 Å². The standard InChI is InChI=1S/C24H27N3O3/c1-16(2)10-21-23(13-28-14-23)24(15-29-22(25)27-24)19-11-17(7-8-20(19)30-21)18-6-4-3-5-9-26-12-18/h3-9,11-12,16,21H,10,13-15H2,1-2H3,(H2,25,27)/b4-3+,5-3?,6-4?,9-5+,18-6+,18-12?,26-9?,26-12-. The highest BCUT2D eigenvalue weighted by molar-refractivity contribution is 6.10. The summed E-state index contributed by atoms with van der Waals surface area (Å²) in [6.45, 7) is 6.02. The third-order valence-corrected chi connectivity index (χ3v) is 6.49. The lowest BCUT2D eigenvalue weighted by Crippen LogP contribution is -2.67. The Morgan fingerprint density at radius 3 is 2.73 bits per heavy atom. The second kappa shape index (κ2) is 7.13. The Kier molecular flexibility index (Phi) is 4.54. The molecule has 1 aromatic carbocycles. The van der Waals surface area contributed by atoms with Crippen molar-refractivity contribution in [1.82, 2.24) is 0 Å². The van der Waals surface area contributed by atoms with Gasteiger partial charge in [-0.3, -0.25) is 4.99 Å². The smallest absolute Gasteiger partial charge is 0.283 e. The maximum Gasteiger partial charge on any atom is 0.283 e. The van der Waals surface area contributed by atoms with Crippen LogP contribution in [0.25, 0.3) is 5.57 Å². The number of aliphatic imine (C=N–C) groups is 2. The highest BCUT2D eigenvalue weighted by Gasteiger charge is 2.67. The number of rotatable bonds is 3. The molecule has 6 nitrogen and oxygen atoms in total. The van der Waals surface area contributed by atoms with Gasteiger partial charge in [0.25, 0.3) is 6.02 Å². The summed E-state index contributed by atoms with van der Waals surface area (Å²) >= 11 is 0. The molecule has 2 unspecified atom stereocenters. The van der Waals surface area contributed by atoms with Gasteiger partial charge < -0.3 is 19.9 Å². The zero-order valence-electron chi connectivity index (χ0n) is 17.4. The molecule has 1 saturated heterocycles. The molecule has 4 heterocycles. The van der Waals surface area contributed by atoms with Crippen molar-refractivity contribution in [3.05, 3.63) is 59.8 Å². The van der Waals surface area contributed by atoms with E-state index in [0.717, 1.165) is 28.9 Å². The van der Waals surface area contributed by atoms with E-state index in [-0.39, 0.29) is 17.5 Å². The van der Waals surface area contributed by atoms with E-state index in [1.54, 1.807) is 6.20 Å². The highest BCUT2D eigenvalue weighted by Crippen LogP contribution is 2.59. The highest BCUT2D eigenvalue weighted by atomic mass is 16.5. The number of hydrogen-bond acceptors (Lipinski definition) is 6. The fourth-order valence-corrected chi connectivity index (χ4v) is 4.87. The van der Waals surface area contributed by atoms with Gasteiger partial charge in [0.05, 0.1) is 18.6 Å². The molecule has 1 aromatic rings. The Morgan fingerprint density at radius 2 is 2.03 bits per heavy atom. The third-order valence-electron chi connectivity index (χ3n) is 6.49. The summed E-state index contributed by atoms with van der Waals surface area (Å²) in [6, 6.07) is 6.52. The lowest BCUT2D eigenvalue weighted by molar-refractivity contribution is -0.219. The summed E-state index contributed by atoms with van der Waals surface area (Å²) < 4.78 is 18.1. The molecule has 0 aromatic heterocycles. The van der Waals surface area contributed by atoms with Crippen molar-refractivity contribution in [3.63, 3.8) is 0 Å². The maximum absolute atomic E-state index is 6.59. The Morgan fingerprint density at radius 1 is 1.17 bits per heavy atom. The second-order valence-electron chi connectivity index (χ2n) is 8.82. The van der Waals surface area contributed by atoms with E-state index in [9.17, 15) is 0 Å². The Bertz CT molecular complexity index is 1000. The normalized spacial score (nSPS) is 33.2. The summed E-state index contributed by atoms with van der Waals surface area (Å²) in [5, 5.41) is 0. The summed E-state index contributed by atoms with van der Waals surface area (Å²) in [5.41, 5.74) is 8.26. The molecule has 0 radical (unpaired) electrons. The van der Waals surface area contributed by atoms with Crippen molar-refractivity contribution in [2.75, 3.05) is 19.8 Å². The van der Waals surface area contributed by atoms with E-state index in [4.69, 9.17) is 24.9 Å². The minimum Gasteiger partial charge on any atom is -0.489 e. The Hall–Kier alpha value is -2.86. The topological polar surface area (TPSA) is 78.4 Å². The first-order valence-electron chi connectivity index (χ1n) is 10.5. The molecule has 6 heteroatoms. The number of benzene rings is 1. The molecular weight excluding hydrogens is 378 g/mol. The van der Waals surface area contributed by atoms with Gasteiger partial charge in [0.15, 0.2) is 0 Å². The number of fused-ring (bicyclic) bond motifs is 3. The van der Waals surface area contributed by atoms with E-state index in [2.05, 4.69) is 37.0 Å². The van der Waals surface area contributed by atoms with Crippen molar-refractivity contribution < 1.29 is 14.2 Å². The Labute approximate surface area is 176 Å². The first-order valence-corrected chi connectivity index (χ1v) is 10.5. The number of nitrogens with zero attached hydrogens (tertiary/aromatic N) is 2. The molecule has 4 aliphatic rings. The van der Waals surface area contributed by atoms with Gasteiger partial charge in [-0.05, 0) is 41.7 Å². The predicted octanol–water partition coefficient (Wildman–Crippen LogP) is 3.59. The lowest BCUT2D eigenvalue weighted by atomic mass is 9.59. The molecule has 2 N–H and O–H groups in total. The van der Waals surface area contributed by atoms with Crippen LogP contribution in [0.4, 0.5) is 0 Å². The summed E-state index contributed by atoms with van der Waals surface area (Å²) in [5.74, 6) is 1.34. The summed E-state index contributed by atoms with van der Waals surface area (Å²) in [7, 11) is 0. The van der Waals surface area contributed by atoms with Gasteiger partial charge >= 0.3 is 0 Å². The van der Waals surface area contributed by atoms with E-state index < -0.39 is 5.54 Å². The molecule has 156 valence electrons. The van der Waals surface area contributed by atoms with Crippen LogP contribution in [0.5, 0.6) is 5.75 Å². The van der Waals surface area contributed by atoms with Crippen molar-refractivity contribution in [2.45, 2.75) is 31.9 Å². The van der Waals surface area contributed by atoms with E-state index >= 15 is 0 Å². The predicted molar refractivity (Wildman–Crippen MR) is 118 cm³/mol. The molecule has 30 heavy (non-hydrogen) atoms. The van der Waals surface area contributed by atoms with Gasteiger partial charge in [0.2, 0.25) is 0 Å². The van der Waals surface area contributed by atoms with E-state index in [1.165, 1.54) is 0 Å². The van der Waals surface area contributed by atoms with Crippen LogP contribution in [0.15, 0.2) is 58.7 Å². The zero-order valence-corrected chi connectivity index (χ0v) is 17.4. The minimum absolute atomic E-state index is 0.00177. The number of ether oxygens (including phenoxy) is 3. The largest absolute Gasteiger partial charge is 0.489 e. The van der Waals surface area contributed by atoms with Crippen molar-refractivity contribution in [2.24, 2.45) is 27.1 Å². The molecule has 2 atom stereocenters. The van der Waals surface area contributed by atoms with Crippen LogP contribution in [0.3, 0.4) is 0 Å². The average Bonchev–Trinajstić information content (AvgIpc) is 3.02. The van der Waals surface area contributed by atoms with Crippen LogP contribution in [0.2, 0.25) is 0 Å². The quantitative estimate of drug-likeness (QED) is 0.834. The molecule has 1 fully saturated rings. The van der Waals surface area contributed by atoms with Gasteiger partial charge in [0.1, 0.15) is 24.0 Å². The number of nitrogens with two attached hydrogens (primary N) is 1. The molecule has 5 rings (SSSR count). The fraction of sp³-hybridized carbons (Fsp3) is 0.417. The number of hydrogen-bond donors (Lipinski definition) is 1. The molecule has 0 saturated carbocycles. The zero-order chi connectivity index (χ0) is 20.8. The number of allylic oxidation sites excluding steroid dienone is 5. The average molecular weight is 405 g/mol. The van der Waals surface area contributed by atoms with Gasteiger partial charge in [0, 0.05) is 18.0 Å². The monoisotopic (exact) mass is 405 g/mol. The molecular formula is C24H27N3O3.